The minimum absolute atomic E-state index is 0.315. The summed E-state index contributed by atoms with van der Waals surface area (Å²) in [6.45, 7) is 6.47. The molecule has 4 heteroatoms. The number of hydrogen-bond acceptors (Lipinski definition) is 2. The smallest absolute Gasteiger partial charge is 0.126 e. The molecule has 3 unspecified atom stereocenters. The molecule has 0 amide bonds. The first-order chi connectivity index (χ1) is 9.45. The molecule has 1 aromatic carbocycles. The van der Waals surface area contributed by atoms with Crippen molar-refractivity contribution in [2.75, 3.05) is 13.1 Å². The Balaban J connectivity index is 1.92. The van der Waals surface area contributed by atoms with Gasteiger partial charge in [-0.3, -0.25) is 0 Å². The molecule has 0 radical (unpaired) electrons. The van der Waals surface area contributed by atoms with Crippen molar-refractivity contribution >= 4 is 0 Å². The topological polar surface area (TPSA) is 29.3 Å². The van der Waals surface area contributed by atoms with Gasteiger partial charge in [0.25, 0.3) is 0 Å². The minimum Gasteiger partial charge on any atom is -0.324 e. The second-order valence-electron chi connectivity index (χ2n) is 6.12. The van der Waals surface area contributed by atoms with Gasteiger partial charge in [-0.25, -0.2) is 8.78 Å². The maximum absolute atomic E-state index is 13.2. The van der Waals surface area contributed by atoms with Gasteiger partial charge in [-0.1, -0.05) is 6.92 Å². The number of benzene rings is 1. The monoisotopic (exact) mass is 282 g/mol. The highest BCUT2D eigenvalue weighted by Gasteiger charge is 2.23. The van der Waals surface area contributed by atoms with E-state index in [-0.39, 0.29) is 6.04 Å². The van der Waals surface area contributed by atoms with E-state index in [1.54, 1.807) is 0 Å². The van der Waals surface area contributed by atoms with Crippen LogP contribution in [-0.4, -0.2) is 24.0 Å². The van der Waals surface area contributed by atoms with E-state index in [9.17, 15) is 8.78 Å². The third-order valence-corrected chi connectivity index (χ3v) is 4.29. The normalized spacial score (nSPS) is 25.6. The summed E-state index contributed by atoms with van der Waals surface area (Å²) in [5.41, 5.74) is 6.61. The second kappa shape index (κ2) is 6.64. The van der Waals surface area contributed by atoms with Crippen LogP contribution >= 0.6 is 0 Å². The second-order valence-corrected chi connectivity index (χ2v) is 6.12. The Morgan fingerprint density at radius 3 is 2.50 bits per heavy atom. The molecule has 3 atom stereocenters. The molecule has 0 spiro atoms. The average molecular weight is 282 g/mol. The van der Waals surface area contributed by atoms with Crippen molar-refractivity contribution in [2.45, 2.75) is 45.2 Å². The lowest BCUT2D eigenvalue weighted by Crippen LogP contribution is -2.42. The fourth-order valence-corrected chi connectivity index (χ4v) is 2.95. The molecule has 0 aromatic heterocycles. The van der Waals surface area contributed by atoms with Crippen LogP contribution < -0.4 is 5.73 Å². The van der Waals surface area contributed by atoms with Crippen LogP contribution in [0, 0.1) is 17.6 Å². The van der Waals surface area contributed by atoms with E-state index in [2.05, 4.69) is 18.7 Å². The Bertz CT molecular complexity index is 430. The van der Waals surface area contributed by atoms with E-state index < -0.39 is 11.6 Å². The van der Waals surface area contributed by atoms with E-state index in [0.717, 1.165) is 25.6 Å². The number of halogens is 2. The van der Waals surface area contributed by atoms with Gasteiger partial charge >= 0.3 is 0 Å². The van der Waals surface area contributed by atoms with Crippen molar-refractivity contribution in [2.24, 2.45) is 11.7 Å². The minimum atomic E-state index is -0.560. The van der Waals surface area contributed by atoms with Crippen LogP contribution in [0.3, 0.4) is 0 Å². The number of nitrogens with zero attached hydrogens (tertiary/aromatic N) is 1. The molecule has 1 saturated heterocycles. The summed E-state index contributed by atoms with van der Waals surface area (Å²) >= 11 is 0. The van der Waals surface area contributed by atoms with Gasteiger partial charge < -0.3 is 10.6 Å². The molecule has 1 aliphatic heterocycles. The van der Waals surface area contributed by atoms with Gasteiger partial charge in [0.15, 0.2) is 0 Å². The lowest BCUT2D eigenvalue weighted by Gasteiger charge is -2.37. The molecule has 0 bridgehead atoms. The van der Waals surface area contributed by atoms with Crippen LogP contribution in [0.1, 0.15) is 44.7 Å². The fraction of sp³-hybridized carbons (Fsp3) is 0.625. The summed E-state index contributed by atoms with van der Waals surface area (Å²) in [4.78, 5) is 2.43. The lowest BCUT2D eigenvalue weighted by atomic mass is 9.94. The first-order valence-electron chi connectivity index (χ1n) is 7.41. The first-order valence-corrected chi connectivity index (χ1v) is 7.41. The SMILES string of the molecule is CC1CCC(C)N(CCC(N)c2cc(F)cc(F)c2)C1. The number of hydrogen-bond donors (Lipinski definition) is 1. The van der Waals surface area contributed by atoms with E-state index in [4.69, 9.17) is 5.73 Å². The molecule has 1 aromatic rings. The number of nitrogens with two attached hydrogens (primary N) is 1. The third kappa shape index (κ3) is 4.00. The maximum atomic E-state index is 13.2. The fourth-order valence-electron chi connectivity index (χ4n) is 2.95. The maximum Gasteiger partial charge on any atom is 0.126 e. The van der Waals surface area contributed by atoms with Crippen LogP contribution in [0.5, 0.6) is 0 Å². The zero-order valence-corrected chi connectivity index (χ0v) is 12.3. The first kappa shape index (κ1) is 15.4. The molecule has 112 valence electrons. The summed E-state index contributed by atoms with van der Waals surface area (Å²) in [5.74, 6) is -0.403. The number of piperidine rings is 1. The van der Waals surface area contributed by atoms with Crippen molar-refractivity contribution in [1.82, 2.24) is 4.90 Å². The lowest BCUT2D eigenvalue weighted by molar-refractivity contribution is 0.121. The van der Waals surface area contributed by atoms with Crippen molar-refractivity contribution in [3.8, 4) is 0 Å². The standard InChI is InChI=1S/C16H24F2N2/c1-11-3-4-12(2)20(10-11)6-5-16(19)13-7-14(17)9-15(18)8-13/h7-9,11-12,16H,3-6,10,19H2,1-2H3. The molecule has 1 heterocycles. The van der Waals surface area contributed by atoms with Crippen LogP contribution in [0.4, 0.5) is 8.78 Å². The molecule has 20 heavy (non-hydrogen) atoms. The quantitative estimate of drug-likeness (QED) is 0.916. The van der Waals surface area contributed by atoms with Crippen LogP contribution in [0.2, 0.25) is 0 Å². The van der Waals surface area contributed by atoms with E-state index in [0.29, 0.717) is 17.5 Å². The molecule has 1 fully saturated rings. The Hall–Kier alpha value is -1.00. The Morgan fingerprint density at radius 2 is 1.85 bits per heavy atom. The molecule has 0 aliphatic carbocycles. The highest BCUT2D eigenvalue weighted by molar-refractivity contribution is 5.21. The average Bonchev–Trinajstić information content (AvgIpc) is 2.38. The van der Waals surface area contributed by atoms with Crippen LogP contribution in [0.15, 0.2) is 18.2 Å². The summed E-state index contributed by atoms with van der Waals surface area (Å²) in [7, 11) is 0. The van der Waals surface area contributed by atoms with Gasteiger partial charge in [0, 0.05) is 31.2 Å². The van der Waals surface area contributed by atoms with E-state index >= 15 is 0 Å². The van der Waals surface area contributed by atoms with Gasteiger partial charge in [-0.15, -0.1) is 0 Å². The third-order valence-electron chi connectivity index (χ3n) is 4.29. The zero-order valence-electron chi connectivity index (χ0n) is 12.3. The summed E-state index contributed by atoms with van der Waals surface area (Å²) in [6.07, 6.45) is 3.21. The molecule has 2 nitrogen and oxygen atoms in total. The molecule has 2 N–H and O–H groups in total. The van der Waals surface area contributed by atoms with Gasteiger partial charge in [-0.05, 0) is 49.8 Å². The van der Waals surface area contributed by atoms with Crippen LogP contribution in [0.25, 0.3) is 0 Å². The predicted molar refractivity (Wildman–Crippen MR) is 77.3 cm³/mol. The Kier molecular flexibility index (Phi) is 5.11. The highest BCUT2D eigenvalue weighted by Crippen LogP contribution is 2.23. The van der Waals surface area contributed by atoms with Crippen molar-refractivity contribution in [3.05, 3.63) is 35.4 Å². The summed E-state index contributed by atoms with van der Waals surface area (Å²) < 4.78 is 26.4. The van der Waals surface area contributed by atoms with E-state index in [1.165, 1.54) is 25.0 Å². The molecule has 0 saturated carbocycles. The molecular weight excluding hydrogens is 258 g/mol. The van der Waals surface area contributed by atoms with E-state index in [1.807, 2.05) is 0 Å². The Labute approximate surface area is 120 Å². The number of rotatable bonds is 4. The summed E-state index contributed by atoms with van der Waals surface area (Å²) in [5, 5.41) is 0. The van der Waals surface area contributed by atoms with Gasteiger partial charge in [0.1, 0.15) is 11.6 Å². The molecular formula is C16H24F2N2. The Morgan fingerprint density at radius 1 is 1.20 bits per heavy atom. The molecule has 1 aliphatic rings. The predicted octanol–water partition coefficient (Wildman–Crippen LogP) is 3.48. The largest absolute Gasteiger partial charge is 0.324 e. The van der Waals surface area contributed by atoms with Gasteiger partial charge in [0.2, 0.25) is 0 Å². The highest BCUT2D eigenvalue weighted by atomic mass is 19.1. The summed E-state index contributed by atoms with van der Waals surface area (Å²) in [6, 6.07) is 3.80. The van der Waals surface area contributed by atoms with Gasteiger partial charge in [0.05, 0.1) is 0 Å². The number of likely N-dealkylation sites (tertiary alicyclic amines) is 1. The van der Waals surface area contributed by atoms with Gasteiger partial charge in [-0.2, -0.15) is 0 Å². The zero-order chi connectivity index (χ0) is 14.7. The van der Waals surface area contributed by atoms with Crippen molar-refractivity contribution in [1.29, 1.82) is 0 Å². The molecule has 2 rings (SSSR count). The van der Waals surface area contributed by atoms with Crippen LogP contribution in [-0.2, 0) is 0 Å². The van der Waals surface area contributed by atoms with Crippen molar-refractivity contribution in [3.63, 3.8) is 0 Å². The van der Waals surface area contributed by atoms with Crippen molar-refractivity contribution < 1.29 is 8.78 Å².